The number of nitrogens with one attached hydrogen (secondary N) is 2. The molecule has 0 bridgehead atoms. The molecule has 2 heterocycles. The van der Waals surface area contributed by atoms with Crippen molar-refractivity contribution in [1.29, 1.82) is 0 Å². The Labute approximate surface area is 121 Å². The van der Waals surface area contributed by atoms with E-state index in [2.05, 4.69) is 20.8 Å². The molecule has 0 radical (unpaired) electrons. The Balaban J connectivity index is 1.53. The number of guanidine groups is 1. The molecule has 0 spiro atoms. The zero-order valence-corrected chi connectivity index (χ0v) is 11.6. The molecule has 0 saturated heterocycles. The van der Waals surface area contributed by atoms with Gasteiger partial charge in [-0.25, -0.2) is 0 Å². The van der Waals surface area contributed by atoms with E-state index in [1.807, 2.05) is 18.2 Å². The van der Waals surface area contributed by atoms with E-state index in [9.17, 15) is 0 Å². The third-order valence-electron chi connectivity index (χ3n) is 3.05. The van der Waals surface area contributed by atoms with Gasteiger partial charge in [-0.2, -0.15) is 0 Å². The molecule has 7 heteroatoms. The van der Waals surface area contributed by atoms with E-state index in [1.54, 1.807) is 19.4 Å². The highest BCUT2D eigenvalue weighted by molar-refractivity contribution is 5.79. The highest BCUT2D eigenvalue weighted by Crippen LogP contribution is 2.32. The zero-order chi connectivity index (χ0) is 14.5. The van der Waals surface area contributed by atoms with Gasteiger partial charge in [0.25, 0.3) is 0 Å². The third-order valence-corrected chi connectivity index (χ3v) is 3.05. The highest BCUT2D eigenvalue weighted by atomic mass is 16.7. The van der Waals surface area contributed by atoms with Crippen LogP contribution in [0.4, 0.5) is 0 Å². The Kier molecular flexibility index (Phi) is 3.90. The highest BCUT2D eigenvalue weighted by Gasteiger charge is 2.13. The van der Waals surface area contributed by atoms with E-state index in [0.29, 0.717) is 19.0 Å². The summed E-state index contributed by atoms with van der Waals surface area (Å²) >= 11 is 0. The fourth-order valence-electron chi connectivity index (χ4n) is 1.96. The molecule has 0 unspecified atom stereocenters. The smallest absolute Gasteiger partial charge is 0.231 e. The second kappa shape index (κ2) is 6.17. The number of benzene rings is 1. The monoisotopic (exact) mass is 288 g/mol. The van der Waals surface area contributed by atoms with Crippen LogP contribution in [0.3, 0.4) is 0 Å². The molecule has 1 aliphatic rings. The van der Waals surface area contributed by atoms with Crippen molar-refractivity contribution in [2.75, 3.05) is 13.8 Å². The summed E-state index contributed by atoms with van der Waals surface area (Å²) in [6.07, 6.45) is 1.54. The summed E-state index contributed by atoms with van der Waals surface area (Å²) in [6, 6.07) is 7.66. The fourth-order valence-corrected chi connectivity index (χ4v) is 1.96. The molecule has 2 aromatic rings. The summed E-state index contributed by atoms with van der Waals surface area (Å²) in [5.41, 5.74) is 1.91. The molecule has 2 N–H and O–H groups in total. The molecule has 0 saturated carbocycles. The van der Waals surface area contributed by atoms with E-state index in [-0.39, 0.29) is 6.79 Å². The van der Waals surface area contributed by atoms with Crippen LogP contribution in [0, 0.1) is 0 Å². The first-order chi connectivity index (χ1) is 10.3. The van der Waals surface area contributed by atoms with Crippen molar-refractivity contribution in [1.82, 2.24) is 15.8 Å². The maximum Gasteiger partial charge on any atom is 0.231 e. The summed E-state index contributed by atoms with van der Waals surface area (Å²) < 4.78 is 15.4. The standard InChI is InChI=1S/C14H16N4O3/c1-15-14(17-8-11-4-5-21-18-11)16-7-10-2-3-12-13(6-10)20-9-19-12/h2-6H,7-9H2,1H3,(H2,15,16,17). The minimum absolute atomic E-state index is 0.285. The normalized spacial score (nSPS) is 13.3. The number of fused-ring (bicyclic) bond motifs is 1. The first-order valence-corrected chi connectivity index (χ1v) is 6.57. The van der Waals surface area contributed by atoms with Crippen molar-refractivity contribution < 1.29 is 14.0 Å². The van der Waals surface area contributed by atoms with Gasteiger partial charge in [0.05, 0.1) is 6.54 Å². The van der Waals surface area contributed by atoms with Crippen molar-refractivity contribution >= 4 is 5.96 Å². The maximum atomic E-state index is 5.35. The Morgan fingerprint density at radius 2 is 2.05 bits per heavy atom. The van der Waals surface area contributed by atoms with Gasteiger partial charge >= 0.3 is 0 Å². The van der Waals surface area contributed by atoms with Crippen LogP contribution in [-0.4, -0.2) is 25.0 Å². The van der Waals surface area contributed by atoms with E-state index < -0.39 is 0 Å². The number of ether oxygens (including phenoxy) is 2. The molecule has 0 aliphatic carbocycles. The molecule has 0 amide bonds. The van der Waals surface area contributed by atoms with Gasteiger partial charge in [-0.3, -0.25) is 4.99 Å². The lowest BCUT2D eigenvalue weighted by molar-refractivity contribution is 0.174. The van der Waals surface area contributed by atoms with Crippen molar-refractivity contribution in [3.63, 3.8) is 0 Å². The van der Waals surface area contributed by atoms with Crippen LogP contribution in [0.5, 0.6) is 11.5 Å². The number of nitrogens with zero attached hydrogens (tertiary/aromatic N) is 2. The largest absolute Gasteiger partial charge is 0.454 e. The van der Waals surface area contributed by atoms with Gasteiger partial charge in [-0.15, -0.1) is 0 Å². The second-order valence-electron chi connectivity index (χ2n) is 4.46. The fraction of sp³-hybridized carbons (Fsp3) is 0.286. The zero-order valence-electron chi connectivity index (χ0n) is 11.6. The van der Waals surface area contributed by atoms with Crippen molar-refractivity contribution in [2.45, 2.75) is 13.1 Å². The minimum atomic E-state index is 0.285. The van der Waals surface area contributed by atoms with Crippen molar-refractivity contribution in [2.24, 2.45) is 4.99 Å². The molecular formula is C14H16N4O3. The summed E-state index contributed by atoms with van der Waals surface area (Å²) in [7, 11) is 1.72. The topological polar surface area (TPSA) is 80.9 Å². The van der Waals surface area contributed by atoms with Crippen LogP contribution in [0.1, 0.15) is 11.3 Å². The molecule has 0 fully saturated rings. The summed E-state index contributed by atoms with van der Waals surface area (Å²) in [5, 5.41) is 10.2. The number of hydrogen-bond donors (Lipinski definition) is 2. The van der Waals surface area contributed by atoms with Gasteiger partial charge in [0.1, 0.15) is 12.0 Å². The average molecular weight is 288 g/mol. The van der Waals surface area contributed by atoms with Gasteiger partial charge < -0.3 is 24.6 Å². The van der Waals surface area contributed by atoms with Gasteiger partial charge in [-0.05, 0) is 17.7 Å². The predicted octanol–water partition coefficient (Wildman–Crippen LogP) is 1.27. The first-order valence-electron chi connectivity index (χ1n) is 6.57. The number of rotatable bonds is 4. The lowest BCUT2D eigenvalue weighted by Crippen LogP contribution is -2.36. The first kappa shape index (κ1) is 13.3. The van der Waals surface area contributed by atoms with E-state index in [0.717, 1.165) is 22.8 Å². The van der Waals surface area contributed by atoms with Gasteiger partial charge in [0.2, 0.25) is 6.79 Å². The van der Waals surface area contributed by atoms with Gasteiger partial charge in [0, 0.05) is 19.7 Å². The minimum Gasteiger partial charge on any atom is -0.454 e. The lowest BCUT2D eigenvalue weighted by Gasteiger charge is -2.11. The molecular weight excluding hydrogens is 272 g/mol. The summed E-state index contributed by atoms with van der Waals surface area (Å²) in [5.74, 6) is 2.25. The van der Waals surface area contributed by atoms with Crippen molar-refractivity contribution in [3.05, 3.63) is 41.8 Å². The molecule has 0 atom stereocenters. The lowest BCUT2D eigenvalue weighted by atomic mass is 10.2. The molecule has 21 heavy (non-hydrogen) atoms. The van der Waals surface area contributed by atoms with Gasteiger partial charge in [-0.1, -0.05) is 11.2 Å². The molecule has 7 nitrogen and oxygen atoms in total. The average Bonchev–Trinajstić information content (AvgIpc) is 3.18. The second-order valence-corrected chi connectivity index (χ2v) is 4.46. The molecule has 1 aliphatic heterocycles. The molecule has 3 rings (SSSR count). The molecule has 110 valence electrons. The van der Waals surface area contributed by atoms with E-state index in [1.165, 1.54) is 0 Å². The predicted molar refractivity (Wildman–Crippen MR) is 76.1 cm³/mol. The number of hydrogen-bond acceptors (Lipinski definition) is 5. The van der Waals surface area contributed by atoms with Gasteiger partial charge in [0.15, 0.2) is 17.5 Å². The Morgan fingerprint density at radius 3 is 2.86 bits per heavy atom. The van der Waals surface area contributed by atoms with Crippen LogP contribution in [0.15, 0.2) is 40.0 Å². The Hall–Kier alpha value is -2.70. The summed E-state index contributed by atoms with van der Waals surface area (Å²) in [4.78, 5) is 4.16. The van der Waals surface area contributed by atoms with Crippen LogP contribution < -0.4 is 20.1 Å². The van der Waals surface area contributed by atoms with Crippen LogP contribution in [-0.2, 0) is 13.1 Å². The van der Waals surface area contributed by atoms with E-state index in [4.69, 9.17) is 14.0 Å². The quantitative estimate of drug-likeness (QED) is 0.651. The SMILES string of the molecule is CN=C(NCc1ccc2c(c1)OCO2)NCc1ccon1. The van der Waals surface area contributed by atoms with Crippen molar-refractivity contribution in [3.8, 4) is 11.5 Å². The van der Waals surface area contributed by atoms with Crippen LogP contribution in [0.25, 0.3) is 0 Å². The Bertz CT molecular complexity index is 625. The summed E-state index contributed by atoms with van der Waals surface area (Å²) in [6.45, 7) is 1.47. The van der Waals surface area contributed by atoms with Crippen LogP contribution >= 0.6 is 0 Å². The number of aliphatic imine (C=N–C) groups is 1. The third kappa shape index (κ3) is 3.25. The molecule has 1 aromatic heterocycles. The molecule has 1 aromatic carbocycles. The van der Waals surface area contributed by atoms with E-state index >= 15 is 0 Å². The Morgan fingerprint density at radius 1 is 1.19 bits per heavy atom. The number of aromatic nitrogens is 1. The maximum absolute atomic E-state index is 5.35. The van der Waals surface area contributed by atoms with Crippen LogP contribution in [0.2, 0.25) is 0 Å².